The largest absolute Gasteiger partial charge is 0.341 e. The number of nitrogens with zero attached hydrogens (tertiary/aromatic N) is 1. The first-order valence-electron chi connectivity index (χ1n) is 8.69. The highest BCUT2D eigenvalue weighted by molar-refractivity contribution is 7.89. The van der Waals surface area contributed by atoms with Gasteiger partial charge in [0, 0.05) is 13.1 Å². The first-order chi connectivity index (χ1) is 12.9. The number of sulfonamides is 1. The van der Waals surface area contributed by atoms with Crippen LogP contribution in [0.2, 0.25) is 5.02 Å². The first kappa shape index (κ1) is 19.8. The maximum atomic E-state index is 13.6. The smallest absolute Gasteiger partial charge is 0.245 e. The Morgan fingerprint density at radius 2 is 1.74 bits per heavy atom. The zero-order valence-electron chi connectivity index (χ0n) is 14.6. The van der Waals surface area contributed by atoms with E-state index in [1.54, 1.807) is 23.1 Å². The van der Waals surface area contributed by atoms with Gasteiger partial charge in [0.2, 0.25) is 15.9 Å². The molecule has 0 aliphatic carbocycles. The van der Waals surface area contributed by atoms with Gasteiger partial charge < -0.3 is 4.90 Å². The summed E-state index contributed by atoms with van der Waals surface area (Å²) in [5.74, 6) is -0.993. The molecule has 144 valence electrons. The van der Waals surface area contributed by atoms with Crippen molar-refractivity contribution in [3.63, 3.8) is 0 Å². The van der Waals surface area contributed by atoms with Gasteiger partial charge in [0.1, 0.15) is 11.9 Å². The Kier molecular flexibility index (Phi) is 6.14. The van der Waals surface area contributed by atoms with E-state index in [0.29, 0.717) is 18.7 Å². The van der Waals surface area contributed by atoms with Gasteiger partial charge in [-0.2, -0.15) is 4.72 Å². The van der Waals surface area contributed by atoms with E-state index in [2.05, 4.69) is 4.72 Å². The summed E-state index contributed by atoms with van der Waals surface area (Å²) in [5, 5.41) is -0.164. The Balaban J connectivity index is 1.96. The molecule has 1 unspecified atom stereocenters. The van der Waals surface area contributed by atoms with E-state index in [1.165, 1.54) is 24.3 Å². The number of hydrogen-bond donors (Lipinski definition) is 1. The van der Waals surface area contributed by atoms with E-state index in [4.69, 9.17) is 11.6 Å². The molecule has 0 radical (unpaired) electrons. The molecule has 1 aliphatic rings. The summed E-state index contributed by atoms with van der Waals surface area (Å²) in [6.07, 6.45) is 2.77. The van der Waals surface area contributed by atoms with E-state index in [0.717, 1.165) is 25.3 Å². The second-order valence-corrected chi connectivity index (χ2v) is 8.55. The third-order valence-electron chi connectivity index (χ3n) is 4.52. The second kappa shape index (κ2) is 8.37. The van der Waals surface area contributed by atoms with Crippen LogP contribution in [-0.4, -0.2) is 32.3 Å². The fourth-order valence-electron chi connectivity index (χ4n) is 3.07. The second-order valence-electron chi connectivity index (χ2n) is 6.43. The quantitative estimate of drug-likeness (QED) is 0.820. The van der Waals surface area contributed by atoms with Crippen LogP contribution < -0.4 is 4.72 Å². The zero-order chi connectivity index (χ0) is 19.4. The Morgan fingerprint density at radius 3 is 2.37 bits per heavy atom. The van der Waals surface area contributed by atoms with Crippen LogP contribution in [0.3, 0.4) is 0 Å². The fourth-order valence-corrected chi connectivity index (χ4v) is 4.46. The third kappa shape index (κ3) is 4.66. The molecule has 0 spiro atoms. The Bertz CT molecular complexity index is 916. The van der Waals surface area contributed by atoms with Gasteiger partial charge >= 0.3 is 0 Å². The number of rotatable bonds is 5. The van der Waals surface area contributed by atoms with Crippen LogP contribution in [0.5, 0.6) is 0 Å². The van der Waals surface area contributed by atoms with Crippen LogP contribution in [0.1, 0.15) is 30.9 Å². The molecule has 1 heterocycles. The standard InChI is InChI=1S/C19H20ClFN2O3S/c20-16-13-14(9-10-17(16)21)18(19(24)23-11-5-2-6-12-23)22-27(25,26)15-7-3-1-4-8-15/h1,3-4,7-10,13,18,22H,2,5-6,11-12H2. The lowest BCUT2D eigenvalue weighted by Crippen LogP contribution is -2.44. The van der Waals surface area contributed by atoms with E-state index in [9.17, 15) is 17.6 Å². The highest BCUT2D eigenvalue weighted by atomic mass is 35.5. The molecule has 5 nitrogen and oxygen atoms in total. The summed E-state index contributed by atoms with van der Waals surface area (Å²) in [4.78, 5) is 14.8. The average molecular weight is 411 g/mol. The SMILES string of the molecule is O=C(C(NS(=O)(=O)c1ccccc1)c1ccc(F)c(Cl)c1)N1CCCCC1. The van der Waals surface area contributed by atoms with E-state index in [1.807, 2.05) is 0 Å². The van der Waals surface area contributed by atoms with Crippen molar-refractivity contribution in [2.75, 3.05) is 13.1 Å². The molecular weight excluding hydrogens is 391 g/mol. The molecule has 1 fully saturated rings. The minimum absolute atomic E-state index is 0.0506. The molecule has 1 N–H and O–H groups in total. The summed E-state index contributed by atoms with van der Waals surface area (Å²) in [6, 6.07) is 10.4. The minimum atomic E-state index is -3.95. The van der Waals surface area contributed by atoms with Crippen molar-refractivity contribution < 1.29 is 17.6 Å². The van der Waals surface area contributed by atoms with Gasteiger partial charge in [-0.05, 0) is 49.1 Å². The summed E-state index contributed by atoms with van der Waals surface area (Å²) < 4.78 is 41.6. The van der Waals surface area contributed by atoms with Crippen LogP contribution in [-0.2, 0) is 14.8 Å². The summed E-state index contributed by atoms with van der Waals surface area (Å²) in [6.45, 7) is 1.13. The number of likely N-dealkylation sites (tertiary alicyclic amines) is 1. The van der Waals surface area contributed by atoms with Gasteiger partial charge in [-0.3, -0.25) is 4.79 Å². The zero-order valence-corrected chi connectivity index (χ0v) is 16.1. The maximum Gasteiger partial charge on any atom is 0.245 e. The molecule has 2 aromatic rings. The number of benzene rings is 2. The van der Waals surface area contributed by atoms with Crippen LogP contribution in [0, 0.1) is 5.82 Å². The van der Waals surface area contributed by atoms with E-state index < -0.39 is 21.9 Å². The van der Waals surface area contributed by atoms with Gasteiger partial charge in [-0.1, -0.05) is 35.9 Å². The fraction of sp³-hybridized carbons (Fsp3) is 0.316. The highest BCUT2D eigenvalue weighted by Gasteiger charge is 2.31. The molecule has 0 saturated carbocycles. The molecule has 8 heteroatoms. The molecule has 27 heavy (non-hydrogen) atoms. The number of carbonyl (C=O) groups excluding carboxylic acids is 1. The van der Waals surface area contributed by atoms with E-state index >= 15 is 0 Å². The number of nitrogens with one attached hydrogen (secondary N) is 1. The van der Waals surface area contributed by atoms with Crippen molar-refractivity contribution in [2.45, 2.75) is 30.2 Å². The maximum absolute atomic E-state index is 13.6. The molecule has 0 bridgehead atoms. The molecule has 1 amide bonds. The van der Waals surface area contributed by atoms with Gasteiger partial charge in [0.25, 0.3) is 0 Å². The molecule has 1 atom stereocenters. The number of piperidine rings is 1. The number of carbonyl (C=O) groups is 1. The first-order valence-corrected chi connectivity index (χ1v) is 10.6. The Morgan fingerprint density at radius 1 is 1.07 bits per heavy atom. The highest BCUT2D eigenvalue weighted by Crippen LogP contribution is 2.25. The van der Waals surface area contributed by atoms with Crippen molar-refractivity contribution >= 4 is 27.5 Å². The Labute approximate surface area is 163 Å². The van der Waals surface area contributed by atoms with E-state index in [-0.39, 0.29) is 15.8 Å². The lowest BCUT2D eigenvalue weighted by molar-refractivity contribution is -0.134. The Hall–Kier alpha value is -1.96. The number of amides is 1. The van der Waals surface area contributed by atoms with Crippen molar-refractivity contribution in [3.05, 3.63) is 64.9 Å². The molecule has 0 aromatic heterocycles. The van der Waals surface area contributed by atoms with Crippen LogP contribution in [0.15, 0.2) is 53.4 Å². The number of halogens is 2. The van der Waals surface area contributed by atoms with Crippen LogP contribution >= 0.6 is 11.6 Å². The molecule has 3 rings (SSSR count). The van der Waals surface area contributed by atoms with Gasteiger partial charge in [0.05, 0.1) is 9.92 Å². The molecule has 1 aliphatic heterocycles. The summed E-state index contributed by atoms with van der Waals surface area (Å²) in [5.41, 5.74) is 0.302. The van der Waals surface area contributed by atoms with Gasteiger partial charge in [-0.15, -0.1) is 0 Å². The van der Waals surface area contributed by atoms with Crippen molar-refractivity contribution in [3.8, 4) is 0 Å². The normalized spacial score (nSPS) is 16.1. The van der Waals surface area contributed by atoms with Gasteiger partial charge in [-0.25, -0.2) is 12.8 Å². The molecular formula is C19H20ClFN2O3S. The molecule has 2 aromatic carbocycles. The summed E-state index contributed by atoms with van der Waals surface area (Å²) in [7, 11) is -3.95. The summed E-state index contributed by atoms with van der Waals surface area (Å²) >= 11 is 5.86. The average Bonchev–Trinajstić information content (AvgIpc) is 2.69. The monoisotopic (exact) mass is 410 g/mol. The van der Waals surface area contributed by atoms with Crippen molar-refractivity contribution in [1.82, 2.24) is 9.62 Å². The van der Waals surface area contributed by atoms with Crippen LogP contribution in [0.25, 0.3) is 0 Å². The third-order valence-corrected chi connectivity index (χ3v) is 6.25. The predicted octanol–water partition coefficient (Wildman–Crippen LogP) is 3.51. The minimum Gasteiger partial charge on any atom is -0.341 e. The van der Waals surface area contributed by atoms with Crippen molar-refractivity contribution in [1.29, 1.82) is 0 Å². The lowest BCUT2D eigenvalue weighted by Gasteiger charge is -2.31. The lowest BCUT2D eigenvalue weighted by atomic mass is 10.0. The predicted molar refractivity (Wildman–Crippen MR) is 101 cm³/mol. The van der Waals surface area contributed by atoms with Crippen LogP contribution in [0.4, 0.5) is 4.39 Å². The van der Waals surface area contributed by atoms with Gasteiger partial charge in [0.15, 0.2) is 0 Å². The topological polar surface area (TPSA) is 66.5 Å². The van der Waals surface area contributed by atoms with Crippen molar-refractivity contribution in [2.24, 2.45) is 0 Å². The number of hydrogen-bond acceptors (Lipinski definition) is 3. The molecule has 1 saturated heterocycles.